The monoisotopic (exact) mass is 536 g/mol. The van der Waals surface area contributed by atoms with E-state index in [1.165, 1.54) is 12.1 Å². The second kappa shape index (κ2) is 9.20. The Balaban J connectivity index is 1.50. The molecule has 1 aliphatic heterocycles. The highest BCUT2D eigenvalue weighted by molar-refractivity contribution is 6.30. The van der Waals surface area contributed by atoms with Crippen LogP contribution in [0.15, 0.2) is 40.9 Å². The molecule has 0 radical (unpaired) electrons. The lowest BCUT2D eigenvalue weighted by atomic mass is 9.83. The highest BCUT2D eigenvalue weighted by atomic mass is 35.5. The third-order valence-corrected chi connectivity index (χ3v) is 8.43. The number of carbonyl (C=O) groups excluding carboxylic acids is 1. The van der Waals surface area contributed by atoms with Gasteiger partial charge in [0.15, 0.2) is 0 Å². The molecule has 1 aliphatic carbocycles. The smallest absolute Gasteiger partial charge is 0.227 e. The number of halogens is 2. The molecular formula is C29H30ClFN4O3. The fourth-order valence-electron chi connectivity index (χ4n) is 6.16. The summed E-state index contributed by atoms with van der Waals surface area (Å²) in [4.78, 5) is 19.9. The van der Waals surface area contributed by atoms with E-state index in [1.807, 2.05) is 26.8 Å². The summed E-state index contributed by atoms with van der Waals surface area (Å²) >= 11 is 5.93. The minimum Gasteiger partial charge on any atom is -0.390 e. The van der Waals surface area contributed by atoms with E-state index in [0.717, 1.165) is 52.3 Å². The van der Waals surface area contributed by atoms with E-state index in [0.29, 0.717) is 31.4 Å². The van der Waals surface area contributed by atoms with Crippen LogP contribution in [0.4, 0.5) is 10.1 Å². The summed E-state index contributed by atoms with van der Waals surface area (Å²) in [7, 11) is 0. The van der Waals surface area contributed by atoms with Gasteiger partial charge in [-0.15, -0.1) is 0 Å². The van der Waals surface area contributed by atoms with Crippen molar-refractivity contribution in [1.82, 2.24) is 14.7 Å². The summed E-state index contributed by atoms with van der Waals surface area (Å²) in [6, 6.07) is 10.4. The van der Waals surface area contributed by atoms with Crippen LogP contribution in [0, 0.1) is 19.7 Å². The predicted molar refractivity (Wildman–Crippen MR) is 144 cm³/mol. The van der Waals surface area contributed by atoms with Gasteiger partial charge in [-0.05, 0) is 88.8 Å². The minimum absolute atomic E-state index is 0.0188. The lowest BCUT2D eigenvalue weighted by molar-refractivity contribution is -0.117. The molecule has 0 unspecified atom stereocenters. The summed E-state index contributed by atoms with van der Waals surface area (Å²) in [5.41, 5.74) is 4.32. The number of aryl methyl sites for hydroxylation is 2. The van der Waals surface area contributed by atoms with Gasteiger partial charge >= 0.3 is 0 Å². The van der Waals surface area contributed by atoms with Gasteiger partial charge < -0.3 is 19.1 Å². The summed E-state index contributed by atoms with van der Waals surface area (Å²) < 4.78 is 22.1. The molecule has 6 rings (SSSR count). The summed E-state index contributed by atoms with van der Waals surface area (Å²) in [6.45, 7) is 5.70. The third kappa shape index (κ3) is 4.20. The van der Waals surface area contributed by atoms with E-state index in [9.17, 15) is 14.3 Å². The summed E-state index contributed by atoms with van der Waals surface area (Å²) in [5.74, 6) is 0.894. The molecule has 2 aromatic carbocycles. The van der Waals surface area contributed by atoms with Crippen molar-refractivity contribution in [1.29, 1.82) is 0 Å². The molecule has 1 atom stereocenters. The van der Waals surface area contributed by atoms with Crippen LogP contribution < -0.4 is 4.90 Å². The van der Waals surface area contributed by atoms with Gasteiger partial charge in [0.05, 0.1) is 33.4 Å². The number of fused-ring (bicyclic) bond motifs is 1. The first-order valence-electron chi connectivity index (χ1n) is 13.1. The molecule has 198 valence electrons. The highest BCUT2D eigenvalue weighted by Crippen LogP contribution is 2.43. The normalized spacial score (nSPS) is 24.1. The first kappa shape index (κ1) is 25.1. The van der Waals surface area contributed by atoms with Gasteiger partial charge in [0, 0.05) is 23.7 Å². The molecule has 4 aromatic rings. The Labute approximate surface area is 225 Å². The Kier molecular flexibility index (Phi) is 6.07. The van der Waals surface area contributed by atoms with E-state index < -0.39 is 11.4 Å². The number of imidazole rings is 1. The molecular weight excluding hydrogens is 507 g/mol. The van der Waals surface area contributed by atoms with Crippen molar-refractivity contribution >= 4 is 34.2 Å². The lowest BCUT2D eigenvalue weighted by Gasteiger charge is -2.35. The fourth-order valence-corrected chi connectivity index (χ4v) is 6.27. The Bertz CT molecular complexity index is 1530. The number of rotatable bonds is 4. The molecule has 1 N–H and O–H groups in total. The molecule has 1 saturated heterocycles. The number of amides is 1. The predicted octanol–water partition coefficient (Wildman–Crippen LogP) is 6.83. The largest absolute Gasteiger partial charge is 0.390 e. The second-order valence-corrected chi connectivity index (χ2v) is 11.3. The second-order valence-electron chi connectivity index (χ2n) is 10.9. The van der Waals surface area contributed by atoms with Gasteiger partial charge in [-0.25, -0.2) is 9.37 Å². The van der Waals surface area contributed by atoms with Gasteiger partial charge in [0.1, 0.15) is 17.4 Å². The van der Waals surface area contributed by atoms with Crippen molar-refractivity contribution in [2.45, 2.75) is 77.0 Å². The molecule has 2 fully saturated rings. The SMILES string of the molecule is Cc1noc(C)c1-c1ccc2c(c1)nc([C@@H]1CCC(=O)N1c1ccc(Cl)c(F)c1)n2[C@H]1CC[C@@](C)(O)CC1. The number of carbonyl (C=O) groups is 1. The Hall–Kier alpha value is -3.23. The summed E-state index contributed by atoms with van der Waals surface area (Å²) in [6.07, 6.45) is 3.89. The molecule has 9 heteroatoms. The van der Waals surface area contributed by atoms with Crippen LogP contribution in [0.1, 0.15) is 74.8 Å². The number of hydrogen-bond acceptors (Lipinski definition) is 5. The molecule has 7 nitrogen and oxygen atoms in total. The van der Waals surface area contributed by atoms with Crippen molar-refractivity contribution in [3.8, 4) is 11.1 Å². The first-order chi connectivity index (χ1) is 18.1. The van der Waals surface area contributed by atoms with Gasteiger partial charge in [0.25, 0.3) is 0 Å². The number of hydrogen-bond donors (Lipinski definition) is 1. The van der Waals surface area contributed by atoms with Crippen LogP contribution in [0.5, 0.6) is 0 Å². The zero-order valence-corrected chi connectivity index (χ0v) is 22.4. The van der Waals surface area contributed by atoms with Crippen molar-refractivity contribution in [2.24, 2.45) is 0 Å². The van der Waals surface area contributed by atoms with Crippen molar-refractivity contribution in [3.05, 3.63) is 64.5 Å². The molecule has 1 saturated carbocycles. The maximum atomic E-state index is 14.4. The molecule has 2 aliphatic rings. The molecule has 3 heterocycles. The third-order valence-electron chi connectivity index (χ3n) is 8.13. The van der Waals surface area contributed by atoms with E-state index in [2.05, 4.69) is 21.9 Å². The van der Waals surface area contributed by atoms with Gasteiger partial charge in [0.2, 0.25) is 5.91 Å². The quantitative estimate of drug-likeness (QED) is 0.309. The van der Waals surface area contributed by atoms with Crippen LogP contribution in [-0.4, -0.2) is 31.3 Å². The molecule has 0 bridgehead atoms. The van der Waals surface area contributed by atoms with Gasteiger partial charge in [-0.3, -0.25) is 4.79 Å². The maximum Gasteiger partial charge on any atom is 0.227 e. The number of benzene rings is 2. The number of anilines is 1. The highest BCUT2D eigenvalue weighted by Gasteiger charge is 2.39. The lowest BCUT2D eigenvalue weighted by Crippen LogP contribution is -2.33. The van der Waals surface area contributed by atoms with Gasteiger partial charge in [-0.2, -0.15) is 0 Å². The average molecular weight is 537 g/mol. The number of aromatic nitrogens is 3. The summed E-state index contributed by atoms with van der Waals surface area (Å²) in [5, 5.41) is 14.7. The first-order valence-corrected chi connectivity index (χ1v) is 13.5. The zero-order valence-electron chi connectivity index (χ0n) is 21.7. The van der Waals surface area contributed by atoms with Crippen LogP contribution in [0.25, 0.3) is 22.2 Å². The van der Waals surface area contributed by atoms with Gasteiger partial charge in [-0.1, -0.05) is 22.8 Å². The van der Waals surface area contributed by atoms with Crippen LogP contribution in [-0.2, 0) is 4.79 Å². The number of nitrogens with zero attached hydrogens (tertiary/aromatic N) is 4. The maximum absolute atomic E-state index is 14.4. The van der Waals surface area contributed by atoms with Crippen LogP contribution in [0.3, 0.4) is 0 Å². The van der Waals surface area contributed by atoms with Crippen molar-refractivity contribution < 1.29 is 18.8 Å². The Morgan fingerprint density at radius 1 is 1.13 bits per heavy atom. The molecule has 0 spiro atoms. The topological polar surface area (TPSA) is 84.4 Å². The molecule has 38 heavy (non-hydrogen) atoms. The minimum atomic E-state index is -0.681. The standard InChI is InChI=1S/C29H30ClFN4O3/c1-16-27(17(2)38-33-16)18-4-7-24-23(14-18)32-28(35(24)19-10-12-29(3,37)13-11-19)25-8-9-26(36)34(25)20-5-6-21(30)22(31)15-20/h4-7,14-15,19,25,37H,8-13H2,1-3H3/t19-,25-,29+/m0/s1. The van der Waals surface area contributed by atoms with Crippen LogP contribution in [0.2, 0.25) is 5.02 Å². The van der Waals surface area contributed by atoms with E-state index >= 15 is 0 Å². The van der Waals surface area contributed by atoms with Crippen molar-refractivity contribution in [2.75, 3.05) is 4.90 Å². The van der Waals surface area contributed by atoms with E-state index in [1.54, 1.807) is 11.0 Å². The van der Waals surface area contributed by atoms with E-state index in [4.69, 9.17) is 21.1 Å². The molecule has 2 aromatic heterocycles. The average Bonchev–Trinajstić information content (AvgIpc) is 3.55. The Morgan fingerprint density at radius 3 is 2.58 bits per heavy atom. The number of aliphatic hydroxyl groups is 1. The van der Waals surface area contributed by atoms with Crippen molar-refractivity contribution in [3.63, 3.8) is 0 Å². The zero-order chi connectivity index (χ0) is 26.8. The fraction of sp³-hybridized carbons (Fsp3) is 0.414. The van der Waals surface area contributed by atoms with E-state index in [-0.39, 0.29) is 23.0 Å². The van der Waals surface area contributed by atoms with Crippen LogP contribution >= 0.6 is 11.6 Å². The Morgan fingerprint density at radius 2 is 1.89 bits per heavy atom. The molecule has 1 amide bonds.